The first kappa shape index (κ1) is 18.1. The molecule has 2 aromatic carbocycles. The zero-order valence-corrected chi connectivity index (χ0v) is 15.8. The number of aromatic nitrogens is 3. The van der Waals surface area contributed by atoms with Crippen molar-refractivity contribution in [3.63, 3.8) is 0 Å². The van der Waals surface area contributed by atoms with Crippen molar-refractivity contribution in [3.05, 3.63) is 77.6 Å². The molecule has 1 fully saturated rings. The number of carbonyl (C=O) groups excluding carboxylic acids is 1. The van der Waals surface area contributed by atoms with Gasteiger partial charge >= 0.3 is 0 Å². The lowest BCUT2D eigenvalue weighted by Crippen LogP contribution is -2.36. The molecule has 4 rings (SSSR count). The number of hydrogen-bond acceptors (Lipinski definition) is 5. The summed E-state index contributed by atoms with van der Waals surface area (Å²) in [5.74, 6) is -0.156. The maximum Gasteiger partial charge on any atom is 0.208 e. The van der Waals surface area contributed by atoms with E-state index in [0.29, 0.717) is 5.69 Å². The van der Waals surface area contributed by atoms with Gasteiger partial charge < -0.3 is 9.64 Å². The number of ketones is 1. The molecule has 1 saturated heterocycles. The fourth-order valence-corrected chi connectivity index (χ4v) is 3.24. The number of nitrogens with zero attached hydrogens (tertiary/aromatic N) is 4. The monoisotopic (exact) mass is 374 g/mol. The molecule has 28 heavy (non-hydrogen) atoms. The Morgan fingerprint density at radius 1 is 1.00 bits per heavy atom. The molecular weight excluding hydrogens is 352 g/mol. The molecule has 6 heteroatoms. The molecule has 0 radical (unpaired) electrons. The Balaban J connectivity index is 1.46. The maximum absolute atomic E-state index is 12.6. The normalized spacial score (nSPS) is 14.5. The highest BCUT2D eigenvalue weighted by atomic mass is 16.5. The highest BCUT2D eigenvalue weighted by molar-refractivity contribution is 6.06. The van der Waals surface area contributed by atoms with Crippen LogP contribution in [0.25, 0.3) is 11.8 Å². The summed E-state index contributed by atoms with van der Waals surface area (Å²) in [6.07, 6.45) is 3.36. The van der Waals surface area contributed by atoms with Crippen molar-refractivity contribution >= 4 is 17.5 Å². The molecule has 0 bridgehead atoms. The molecule has 0 atom stereocenters. The molecule has 0 N–H and O–H groups in total. The summed E-state index contributed by atoms with van der Waals surface area (Å²) in [6, 6.07) is 17.8. The van der Waals surface area contributed by atoms with Crippen molar-refractivity contribution in [2.45, 2.75) is 6.92 Å². The summed E-state index contributed by atoms with van der Waals surface area (Å²) in [4.78, 5) is 14.9. The molecule has 0 unspecified atom stereocenters. The van der Waals surface area contributed by atoms with Gasteiger partial charge in [0.1, 0.15) is 0 Å². The van der Waals surface area contributed by atoms with E-state index in [9.17, 15) is 4.79 Å². The Morgan fingerprint density at radius 2 is 1.71 bits per heavy atom. The zero-order valence-electron chi connectivity index (χ0n) is 15.8. The standard InChI is InChI=1S/C22H22N4O2/c1-17-22(23-24-26(17)20-5-3-2-4-6-20)21(27)12-9-18-7-10-19(11-8-18)25-13-15-28-16-14-25/h2-12H,13-16H2,1H3/b12-9+. The Kier molecular flexibility index (Phi) is 5.30. The lowest BCUT2D eigenvalue weighted by molar-refractivity contribution is 0.104. The van der Waals surface area contributed by atoms with Crippen LogP contribution < -0.4 is 4.90 Å². The number of ether oxygens (including phenoxy) is 1. The summed E-state index contributed by atoms with van der Waals surface area (Å²) in [6.45, 7) is 5.19. The second-order valence-electron chi connectivity index (χ2n) is 6.66. The van der Waals surface area contributed by atoms with Crippen molar-refractivity contribution in [2.24, 2.45) is 0 Å². The molecule has 0 saturated carbocycles. The summed E-state index contributed by atoms with van der Waals surface area (Å²) < 4.78 is 7.07. The second kappa shape index (κ2) is 8.19. The van der Waals surface area contributed by atoms with Gasteiger partial charge in [0.2, 0.25) is 5.78 Å². The van der Waals surface area contributed by atoms with E-state index in [4.69, 9.17) is 4.74 Å². The van der Waals surface area contributed by atoms with Crippen LogP contribution in [0.1, 0.15) is 21.7 Å². The van der Waals surface area contributed by atoms with E-state index >= 15 is 0 Å². The van der Waals surface area contributed by atoms with Gasteiger partial charge in [0.15, 0.2) is 5.69 Å². The summed E-state index contributed by atoms with van der Waals surface area (Å²) >= 11 is 0. The van der Waals surface area contributed by atoms with Crippen LogP contribution in [0.5, 0.6) is 0 Å². The van der Waals surface area contributed by atoms with E-state index in [0.717, 1.165) is 43.2 Å². The lowest BCUT2D eigenvalue weighted by atomic mass is 10.1. The number of para-hydroxylation sites is 1. The Labute approximate surface area is 164 Å². The van der Waals surface area contributed by atoms with Gasteiger partial charge in [-0.2, -0.15) is 0 Å². The number of anilines is 1. The predicted octanol–water partition coefficient (Wildman–Crippen LogP) is 3.31. The van der Waals surface area contributed by atoms with Crippen LogP contribution in [0.4, 0.5) is 5.69 Å². The minimum absolute atomic E-state index is 0.156. The van der Waals surface area contributed by atoms with Crippen molar-refractivity contribution < 1.29 is 9.53 Å². The molecule has 1 aliphatic rings. The molecule has 0 amide bonds. The van der Waals surface area contributed by atoms with Gasteiger partial charge in [0.05, 0.1) is 24.6 Å². The van der Waals surface area contributed by atoms with Crippen LogP contribution in [0.15, 0.2) is 60.7 Å². The van der Waals surface area contributed by atoms with E-state index in [1.807, 2.05) is 55.5 Å². The molecule has 1 aromatic heterocycles. The summed E-state index contributed by atoms with van der Waals surface area (Å²) in [5, 5.41) is 8.19. The van der Waals surface area contributed by atoms with E-state index < -0.39 is 0 Å². The van der Waals surface area contributed by atoms with Crippen LogP contribution >= 0.6 is 0 Å². The smallest absolute Gasteiger partial charge is 0.208 e. The predicted molar refractivity (Wildman–Crippen MR) is 109 cm³/mol. The topological polar surface area (TPSA) is 60.3 Å². The minimum Gasteiger partial charge on any atom is -0.378 e. The number of morpholine rings is 1. The van der Waals surface area contributed by atoms with E-state index in [1.54, 1.807) is 10.8 Å². The van der Waals surface area contributed by atoms with Crippen LogP contribution in [-0.4, -0.2) is 47.1 Å². The molecule has 0 spiro atoms. The minimum atomic E-state index is -0.156. The van der Waals surface area contributed by atoms with Crippen molar-refractivity contribution in [1.82, 2.24) is 15.0 Å². The molecule has 6 nitrogen and oxygen atoms in total. The van der Waals surface area contributed by atoms with Crippen molar-refractivity contribution in [3.8, 4) is 5.69 Å². The molecule has 3 aromatic rings. The summed E-state index contributed by atoms with van der Waals surface area (Å²) in [5.41, 5.74) is 4.12. The van der Waals surface area contributed by atoms with Crippen molar-refractivity contribution in [1.29, 1.82) is 0 Å². The zero-order chi connectivity index (χ0) is 19.3. The number of carbonyl (C=O) groups is 1. The highest BCUT2D eigenvalue weighted by Crippen LogP contribution is 2.18. The molecule has 1 aliphatic heterocycles. The third-order valence-electron chi connectivity index (χ3n) is 4.83. The third kappa shape index (κ3) is 3.87. The van der Waals surface area contributed by atoms with Gasteiger partial charge in [-0.1, -0.05) is 41.6 Å². The van der Waals surface area contributed by atoms with Crippen LogP contribution in [0, 0.1) is 6.92 Å². The highest BCUT2D eigenvalue weighted by Gasteiger charge is 2.15. The number of allylic oxidation sites excluding steroid dienone is 1. The van der Waals surface area contributed by atoms with Crippen LogP contribution in [-0.2, 0) is 4.74 Å². The van der Waals surface area contributed by atoms with Crippen LogP contribution in [0.3, 0.4) is 0 Å². The maximum atomic E-state index is 12.6. The lowest BCUT2D eigenvalue weighted by Gasteiger charge is -2.28. The Morgan fingerprint density at radius 3 is 2.43 bits per heavy atom. The average Bonchev–Trinajstić information content (AvgIpc) is 3.15. The van der Waals surface area contributed by atoms with E-state index in [-0.39, 0.29) is 5.78 Å². The van der Waals surface area contributed by atoms with Gasteiger partial charge in [-0.25, -0.2) is 4.68 Å². The van der Waals surface area contributed by atoms with E-state index in [2.05, 4.69) is 27.3 Å². The molecule has 142 valence electrons. The quantitative estimate of drug-likeness (QED) is 0.507. The summed E-state index contributed by atoms with van der Waals surface area (Å²) in [7, 11) is 0. The number of rotatable bonds is 5. The Bertz CT molecular complexity index is 972. The molecule has 0 aliphatic carbocycles. The number of hydrogen-bond donors (Lipinski definition) is 0. The fraction of sp³-hybridized carbons (Fsp3) is 0.227. The van der Waals surface area contributed by atoms with Gasteiger partial charge in [-0.05, 0) is 42.8 Å². The third-order valence-corrected chi connectivity index (χ3v) is 4.83. The second-order valence-corrected chi connectivity index (χ2v) is 6.66. The largest absolute Gasteiger partial charge is 0.378 e. The van der Waals surface area contributed by atoms with Crippen LogP contribution in [0.2, 0.25) is 0 Å². The first-order valence-corrected chi connectivity index (χ1v) is 9.35. The fourth-order valence-electron chi connectivity index (χ4n) is 3.24. The first-order valence-electron chi connectivity index (χ1n) is 9.35. The van der Waals surface area contributed by atoms with Gasteiger partial charge in [-0.15, -0.1) is 5.10 Å². The molecular formula is C22H22N4O2. The van der Waals surface area contributed by atoms with Gasteiger partial charge in [-0.3, -0.25) is 4.79 Å². The number of benzene rings is 2. The Hall–Kier alpha value is -3.25. The van der Waals surface area contributed by atoms with E-state index in [1.165, 1.54) is 5.69 Å². The van der Waals surface area contributed by atoms with Gasteiger partial charge in [0.25, 0.3) is 0 Å². The van der Waals surface area contributed by atoms with Crippen molar-refractivity contribution in [2.75, 3.05) is 31.2 Å². The van der Waals surface area contributed by atoms with Gasteiger partial charge in [0, 0.05) is 18.8 Å². The average molecular weight is 374 g/mol. The molecule has 2 heterocycles. The SMILES string of the molecule is Cc1c(C(=O)/C=C/c2ccc(N3CCOCC3)cc2)nnn1-c1ccccc1. The first-order chi connectivity index (χ1) is 13.7.